The Bertz CT molecular complexity index is 1140. The van der Waals surface area contributed by atoms with Crippen molar-refractivity contribution in [1.29, 1.82) is 5.26 Å². The van der Waals surface area contributed by atoms with Gasteiger partial charge in [-0.3, -0.25) is 4.79 Å². The van der Waals surface area contributed by atoms with Crippen molar-refractivity contribution in [2.45, 2.75) is 6.92 Å². The van der Waals surface area contributed by atoms with Crippen LogP contribution in [-0.4, -0.2) is 42.0 Å². The number of nitriles is 1. The van der Waals surface area contributed by atoms with E-state index in [2.05, 4.69) is 11.1 Å². The van der Waals surface area contributed by atoms with Crippen LogP contribution in [-0.2, 0) is 0 Å². The van der Waals surface area contributed by atoms with Crippen LogP contribution in [0.5, 0.6) is 0 Å². The number of aromatic nitrogens is 1. The molecule has 1 aliphatic rings. The maximum atomic E-state index is 13.1. The van der Waals surface area contributed by atoms with Gasteiger partial charge in [0.2, 0.25) is 17.5 Å². The zero-order chi connectivity index (χ0) is 21.8. The number of aryl methyl sites for hydroxylation is 1. The first-order valence-electron chi connectivity index (χ1n) is 9.99. The van der Waals surface area contributed by atoms with E-state index in [4.69, 9.17) is 4.42 Å². The highest BCUT2D eigenvalue weighted by atomic mass is 19.1. The first-order valence-corrected chi connectivity index (χ1v) is 9.99. The van der Waals surface area contributed by atoms with Gasteiger partial charge in [-0.2, -0.15) is 10.2 Å². The van der Waals surface area contributed by atoms with E-state index in [1.165, 1.54) is 29.8 Å². The summed E-state index contributed by atoms with van der Waals surface area (Å²) in [5.74, 6) is 0.263. The van der Waals surface area contributed by atoms with E-state index in [9.17, 15) is 14.4 Å². The molecule has 7 heteroatoms. The number of hydrogen-bond donors (Lipinski definition) is 0. The first-order chi connectivity index (χ1) is 15.0. The van der Waals surface area contributed by atoms with Gasteiger partial charge in [0.25, 0.3) is 5.91 Å². The largest absolute Gasteiger partial charge is 0.420 e. The number of benzene rings is 2. The van der Waals surface area contributed by atoms with Gasteiger partial charge in [0.15, 0.2) is 0 Å². The fraction of sp³-hybridized carbons (Fsp3) is 0.208. The molecule has 1 aromatic heterocycles. The molecule has 1 fully saturated rings. The normalized spacial score (nSPS) is 14.1. The number of amides is 1. The minimum absolute atomic E-state index is 0.139. The standard InChI is InChI=1S/C24H21FN4O2/c1-17-2-4-18(5-3-17)6-11-22-27-21(16-26)24(31-22)29-14-12-28(13-15-29)23(30)19-7-9-20(25)10-8-19/h2-11H,12-15H2,1H3/b11-6+. The Morgan fingerprint density at radius 1 is 1.06 bits per heavy atom. The lowest BCUT2D eigenvalue weighted by Crippen LogP contribution is -2.48. The molecule has 1 aliphatic heterocycles. The predicted octanol–water partition coefficient (Wildman–Crippen LogP) is 4.13. The van der Waals surface area contributed by atoms with Crippen molar-refractivity contribution in [3.8, 4) is 6.07 Å². The first kappa shape index (κ1) is 20.4. The summed E-state index contributed by atoms with van der Waals surface area (Å²) in [5, 5.41) is 9.47. The Morgan fingerprint density at radius 2 is 1.74 bits per heavy atom. The Morgan fingerprint density at radius 3 is 2.39 bits per heavy atom. The molecular formula is C24H21FN4O2. The number of anilines is 1. The minimum Gasteiger partial charge on any atom is -0.420 e. The Balaban J connectivity index is 1.43. The number of halogens is 1. The molecule has 3 aromatic rings. The van der Waals surface area contributed by atoms with Gasteiger partial charge < -0.3 is 14.2 Å². The molecule has 0 atom stereocenters. The number of piperazine rings is 1. The number of nitrogens with zero attached hydrogens (tertiary/aromatic N) is 4. The van der Waals surface area contributed by atoms with Crippen LogP contribution in [0.25, 0.3) is 12.2 Å². The highest BCUT2D eigenvalue weighted by Crippen LogP contribution is 2.24. The van der Waals surface area contributed by atoms with Gasteiger partial charge in [0.05, 0.1) is 0 Å². The third-order valence-electron chi connectivity index (χ3n) is 5.17. The molecule has 0 aliphatic carbocycles. The topological polar surface area (TPSA) is 73.4 Å². The van der Waals surface area contributed by atoms with E-state index in [1.54, 1.807) is 11.0 Å². The molecular weight excluding hydrogens is 395 g/mol. The molecule has 0 saturated carbocycles. The van der Waals surface area contributed by atoms with Crippen LogP contribution in [0, 0.1) is 24.1 Å². The number of rotatable bonds is 4. The monoisotopic (exact) mass is 416 g/mol. The second-order valence-electron chi connectivity index (χ2n) is 7.35. The summed E-state index contributed by atoms with van der Waals surface area (Å²) in [6.45, 7) is 3.99. The van der Waals surface area contributed by atoms with Crippen LogP contribution in [0.4, 0.5) is 10.3 Å². The van der Waals surface area contributed by atoms with E-state index in [0.29, 0.717) is 43.5 Å². The Labute approximate surface area is 179 Å². The van der Waals surface area contributed by atoms with Crippen molar-refractivity contribution in [2.75, 3.05) is 31.1 Å². The summed E-state index contributed by atoms with van der Waals surface area (Å²) in [6.07, 6.45) is 3.62. The molecule has 1 amide bonds. The van der Waals surface area contributed by atoms with E-state index >= 15 is 0 Å². The molecule has 0 spiro atoms. The maximum Gasteiger partial charge on any atom is 0.253 e. The molecule has 4 rings (SSSR count). The van der Waals surface area contributed by atoms with Crippen LogP contribution in [0.2, 0.25) is 0 Å². The molecule has 2 aromatic carbocycles. The summed E-state index contributed by atoms with van der Waals surface area (Å²) < 4.78 is 18.9. The van der Waals surface area contributed by atoms with Crippen molar-refractivity contribution in [2.24, 2.45) is 0 Å². The number of oxazole rings is 1. The average Bonchev–Trinajstić information content (AvgIpc) is 3.22. The minimum atomic E-state index is -0.372. The van der Waals surface area contributed by atoms with Crippen LogP contribution < -0.4 is 4.90 Å². The van der Waals surface area contributed by atoms with Gasteiger partial charge >= 0.3 is 0 Å². The van der Waals surface area contributed by atoms with Crippen LogP contribution >= 0.6 is 0 Å². The van der Waals surface area contributed by atoms with Gasteiger partial charge in [0, 0.05) is 37.8 Å². The second-order valence-corrected chi connectivity index (χ2v) is 7.35. The zero-order valence-electron chi connectivity index (χ0n) is 17.1. The third kappa shape index (κ3) is 4.64. The van der Waals surface area contributed by atoms with E-state index in [0.717, 1.165) is 5.56 Å². The fourth-order valence-corrected chi connectivity index (χ4v) is 3.42. The van der Waals surface area contributed by atoms with E-state index in [1.807, 2.05) is 42.2 Å². The Hall–Kier alpha value is -3.92. The van der Waals surface area contributed by atoms with Crippen LogP contribution in [0.3, 0.4) is 0 Å². The molecule has 156 valence electrons. The Kier molecular flexibility index (Phi) is 5.80. The van der Waals surface area contributed by atoms with Crippen molar-refractivity contribution in [3.63, 3.8) is 0 Å². The van der Waals surface area contributed by atoms with Gasteiger partial charge in [-0.15, -0.1) is 0 Å². The predicted molar refractivity (Wildman–Crippen MR) is 116 cm³/mol. The quantitative estimate of drug-likeness (QED) is 0.640. The molecule has 6 nitrogen and oxygen atoms in total. The molecule has 0 unspecified atom stereocenters. The summed E-state index contributed by atoms with van der Waals surface area (Å²) >= 11 is 0. The molecule has 31 heavy (non-hydrogen) atoms. The van der Waals surface area contributed by atoms with Crippen molar-refractivity contribution >= 4 is 23.9 Å². The van der Waals surface area contributed by atoms with Crippen LogP contribution in [0.15, 0.2) is 52.9 Å². The summed E-state index contributed by atoms with van der Waals surface area (Å²) in [7, 11) is 0. The summed E-state index contributed by atoms with van der Waals surface area (Å²) in [6, 6.07) is 15.7. The SMILES string of the molecule is Cc1ccc(/C=C/c2nc(C#N)c(N3CCN(C(=O)c4ccc(F)cc4)CC3)o2)cc1. The smallest absolute Gasteiger partial charge is 0.253 e. The summed E-state index contributed by atoms with van der Waals surface area (Å²) in [4.78, 5) is 20.5. The van der Waals surface area contributed by atoms with Gasteiger partial charge in [-0.25, -0.2) is 4.39 Å². The van der Waals surface area contributed by atoms with Gasteiger partial charge in [-0.1, -0.05) is 29.8 Å². The van der Waals surface area contributed by atoms with Crippen molar-refractivity contribution in [1.82, 2.24) is 9.88 Å². The highest BCUT2D eigenvalue weighted by Gasteiger charge is 2.26. The fourth-order valence-electron chi connectivity index (χ4n) is 3.42. The van der Waals surface area contributed by atoms with E-state index in [-0.39, 0.29) is 17.4 Å². The lowest BCUT2D eigenvalue weighted by molar-refractivity contribution is 0.0745. The van der Waals surface area contributed by atoms with Crippen LogP contribution in [0.1, 0.15) is 33.1 Å². The lowest BCUT2D eigenvalue weighted by atomic mass is 10.1. The maximum absolute atomic E-state index is 13.1. The highest BCUT2D eigenvalue weighted by molar-refractivity contribution is 5.94. The zero-order valence-corrected chi connectivity index (χ0v) is 17.1. The van der Waals surface area contributed by atoms with Gasteiger partial charge in [0.1, 0.15) is 11.9 Å². The van der Waals surface area contributed by atoms with E-state index < -0.39 is 0 Å². The van der Waals surface area contributed by atoms with Crippen molar-refractivity contribution in [3.05, 3.63) is 82.6 Å². The third-order valence-corrected chi connectivity index (χ3v) is 5.17. The summed E-state index contributed by atoms with van der Waals surface area (Å²) in [5.41, 5.74) is 2.87. The molecule has 0 bridgehead atoms. The molecule has 0 radical (unpaired) electrons. The second kappa shape index (κ2) is 8.84. The number of hydrogen-bond acceptors (Lipinski definition) is 5. The molecule has 0 N–H and O–H groups in total. The lowest BCUT2D eigenvalue weighted by Gasteiger charge is -2.34. The van der Waals surface area contributed by atoms with Crippen molar-refractivity contribution < 1.29 is 13.6 Å². The number of carbonyl (C=O) groups excluding carboxylic acids is 1. The van der Waals surface area contributed by atoms with Gasteiger partial charge in [-0.05, 0) is 42.8 Å². The number of carbonyl (C=O) groups is 1. The average molecular weight is 416 g/mol. The molecule has 2 heterocycles. The molecule has 1 saturated heterocycles.